The van der Waals surface area contributed by atoms with E-state index in [0.717, 1.165) is 4.90 Å². The van der Waals surface area contributed by atoms with Crippen LogP contribution in [0.3, 0.4) is 0 Å². The van der Waals surface area contributed by atoms with Crippen molar-refractivity contribution in [1.29, 1.82) is 0 Å². The quantitative estimate of drug-likeness (QED) is 0.605. The number of hydrogen-bond acceptors (Lipinski definition) is 3. The number of hydrogen-bond donors (Lipinski definition) is 0. The van der Waals surface area contributed by atoms with Crippen molar-refractivity contribution in [3.8, 4) is 11.5 Å². The summed E-state index contributed by atoms with van der Waals surface area (Å²) in [7, 11) is 0. The molecule has 2 rings (SSSR count). The molecule has 2 aromatic carbocycles. The van der Waals surface area contributed by atoms with Crippen molar-refractivity contribution in [1.82, 2.24) is 0 Å². The van der Waals surface area contributed by atoms with Gasteiger partial charge in [0.25, 0.3) is 0 Å². The van der Waals surface area contributed by atoms with E-state index in [4.69, 9.17) is 4.74 Å². The van der Waals surface area contributed by atoms with Gasteiger partial charge in [0.1, 0.15) is 5.75 Å². The van der Waals surface area contributed by atoms with Crippen LogP contribution in [-0.4, -0.2) is 12.0 Å². The second-order valence-corrected chi connectivity index (χ2v) is 4.80. The minimum Gasteiger partial charge on any atom is -0.453 e. The molecule has 0 aromatic heterocycles. The lowest BCUT2D eigenvalue weighted by atomic mass is 10.1. The maximum Gasteiger partial charge on any atom is 0.166 e. The van der Waals surface area contributed by atoms with Crippen molar-refractivity contribution in [2.24, 2.45) is 0 Å². The molecule has 0 amide bonds. The molecule has 0 heterocycles. The van der Waals surface area contributed by atoms with Gasteiger partial charge in [-0.1, -0.05) is 12.1 Å². The van der Waals surface area contributed by atoms with Crippen LogP contribution in [-0.2, 0) is 0 Å². The lowest BCUT2D eigenvalue weighted by Crippen LogP contribution is -1.95. The van der Waals surface area contributed by atoms with Gasteiger partial charge in [0.05, 0.1) is 0 Å². The van der Waals surface area contributed by atoms with Crippen molar-refractivity contribution >= 4 is 17.5 Å². The molecule has 2 nitrogen and oxygen atoms in total. The number of carbonyl (C=O) groups is 1. The zero-order valence-corrected chi connectivity index (χ0v) is 11.5. The first-order valence-electron chi connectivity index (χ1n) is 5.73. The third-order valence-corrected chi connectivity index (χ3v) is 3.40. The highest BCUT2D eigenvalue weighted by Gasteiger charge is 2.10. The molecule has 0 saturated heterocycles. The summed E-state index contributed by atoms with van der Waals surface area (Å²) in [5.41, 5.74) is 0.336. The summed E-state index contributed by atoms with van der Waals surface area (Å²) in [5.74, 6) is 0.00884. The van der Waals surface area contributed by atoms with E-state index in [1.54, 1.807) is 12.1 Å². The average molecular weight is 276 g/mol. The number of thioether (sulfide) groups is 1. The maximum absolute atomic E-state index is 13.8. The summed E-state index contributed by atoms with van der Waals surface area (Å²) in [6, 6.07) is 11.6. The van der Waals surface area contributed by atoms with Gasteiger partial charge in [-0.15, -0.1) is 11.8 Å². The molecule has 0 aliphatic carbocycles. The van der Waals surface area contributed by atoms with Gasteiger partial charge in [0, 0.05) is 10.5 Å². The van der Waals surface area contributed by atoms with E-state index in [-0.39, 0.29) is 11.5 Å². The first-order valence-corrected chi connectivity index (χ1v) is 6.95. The molecule has 4 heteroatoms. The fraction of sp³-hybridized carbons (Fsp3) is 0.133. The molecule has 0 saturated carbocycles. The molecule has 0 fully saturated rings. The summed E-state index contributed by atoms with van der Waals surface area (Å²) < 4.78 is 19.4. The van der Waals surface area contributed by atoms with Gasteiger partial charge in [-0.05, 0) is 43.5 Å². The Morgan fingerprint density at radius 1 is 1.16 bits per heavy atom. The third-order valence-electron chi connectivity index (χ3n) is 2.63. The summed E-state index contributed by atoms with van der Waals surface area (Å²) in [6.45, 7) is 1.40. The number of carbonyl (C=O) groups excluding carboxylic acids is 1. The van der Waals surface area contributed by atoms with Crippen LogP contribution in [0.15, 0.2) is 47.4 Å². The van der Waals surface area contributed by atoms with E-state index in [2.05, 4.69) is 0 Å². The molecule has 0 N–H and O–H groups in total. The Morgan fingerprint density at radius 2 is 1.89 bits per heavy atom. The highest BCUT2D eigenvalue weighted by Crippen LogP contribution is 2.32. The lowest BCUT2D eigenvalue weighted by molar-refractivity contribution is 0.101. The second-order valence-electron chi connectivity index (χ2n) is 3.95. The number of benzene rings is 2. The molecule has 19 heavy (non-hydrogen) atoms. The van der Waals surface area contributed by atoms with Crippen molar-refractivity contribution < 1.29 is 13.9 Å². The van der Waals surface area contributed by atoms with Gasteiger partial charge in [-0.2, -0.15) is 0 Å². The second kappa shape index (κ2) is 5.89. The highest BCUT2D eigenvalue weighted by atomic mass is 32.2. The predicted molar refractivity (Wildman–Crippen MR) is 74.7 cm³/mol. The van der Waals surface area contributed by atoms with Crippen LogP contribution in [0.5, 0.6) is 11.5 Å². The number of para-hydroxylation sites is 1. The maximum atomic E-state index is 13.8. The topological polar surface area (TPSA) is 26.3 Å². The number of halogens is 1. The summed E-state index contributed by atoms with van der Waals surface area (Å²) in [4.78, 5) is 12.1. The standard InChI is InChI=1S/C15H13FO2S/c1-10(17)11-7-8-13(12(16)9-11)18-14-5-3-4-6-15(14)19-2/h3-9H,1-2H3. The van der Waals surface area contributed by atoms with Crippen LogP contribution in [0, 0.1) is 5.82 Å². The summed E-state index contributed by atoms with van der Waals surface area (Å²) in [6.07, 6.45) is 1.93. The molecular formula is C15H13FO2S. The van der Waals surface area contributed by atoms with E-state index in [0.29, 0.717) is 11.3 Å². The largest absolute Gasteiger partial charge is 0.453 e. The molecule has 0 bridgehead atoms. The molecule has 98 valence electrons. The van der Waals surface area contributed by atoms with Crippen LogP contribution >= 0.6 is 11.8 Å². The summed E-state index contributed by atoms with van der Waals surface area (Å²) in [5, 5.41) is 0. The molecule has 2 aromatic rings. The number of Topliss-reactive ketones (excluding diaryl/α,β-unsaturated/α-hetero) is 1. The number of ether oxygens (including phenoxy) is 1. The SMILES string of the molecule is CSc1ccccc1Oc1ccc(C(C)=O)cc1F. The van der Waals surface area contributed by atoms with Crippen molar-refractivity contribution in [3.63, 3.8) is 0 Å². The molecule has 0 aliphatic rings. The molecule has 0 unspecified atom stereocenters. The van der Waals surface area contributed by atoms with Crippen LogP contribution < -0.4 is 4.74 Å². The van der Waals surface area contributed by atoms with Gasteiger partial charge in [-0.3, -0.25) is 4.79 Å². The smallest absolute Gasteiger partial charge is 0.166 e. The Labute approximate surface area is 115 Å². The van der Waals surface area contributed by atoms with E-state index in [9.17, 15) is 9.18 Å². The zero-order valence-electron chi connectivity index (χ0n) is 10.6. The van der Waals surface area contributed by atoms with Crippen LogP contribution in [0.4, 0.5) is 4.39 Å². The van der Waals surface area contributed by atoms with Crippen molar-refractivity contribution in [3.05, 3.63) is 53.8 Å². The monoisotopic (exact) mass is 276 g/mol. The zero-order chi connectivity index (χ0) is 13.8. The molecule has 0 radical (unpaired) electrons. The first-order chi connectivity index (χ1) is 9.11. The minimum atomic E-state index is -0.538. The summed E-state index contributed by atoms with van der Waals surface area (Å²) >= 11 is 1.53. The van der Waals surface area contributed by atoms with E-state index in [1.807, 2.05) is 24.5 Å². The molecule has 0 atom stereocenters. The van der Waals surface area contributed by atoms with Gasteiger partial charge in [0.2, 0.25) is 0 Å². The highest BCUT2D eigenvalue weighted by molar-refractivity contribution is 7.98. The molecule has 0 spiro atoms. The van der Waals surface area contributed by atoms with Gasteiger partial charge >= 0.3 is 0 Å². The Bertz CT molecular complexity index is 611. The van der Waals surface area contributed by atoms with Crippen molar-refractivity contribution in [2.75, 3.05) is 6.26 Å². The van der Waals surface area contributed by atoms with Gasteiger partial charge < -0.3 is 4.74 Å². The Kier molecular flexibility index (Phi) is 4.22. The predicted octanol–water partition coefficient (Wildman–Crippen LogP) is 4.54. The van der Waals surface area contributed by atoms with E-state index >= 15 is 0 Å². The van der Waals surface area contributed by atoms with E-state index in [1.165, 1.54) is 30.8 Å². The Balaban J connectivity index is 2.31. The minimum absolute atomic E-state index is 0.117. The number of rotatable bonds is 4. The van der Waals surface area contributed by atoms with E-state index < -0.39 is 5.82 Å². The normalized spacial score (nSPS) is 10.3. The van der Waals surface area contributed by atoms with Crippen molar-refractivity contribution in [2.45, 2.75) is 11.8 Å². The van der Waals surface area contributed by atoms with Gasteiger partial charge in [-0.25, -0.2) is 4.39 Å². The van der Waals surface area contributed by atoms with Crippen LogP contribution in [0.2, 0.25) is 0 Å². The third kappa shape index (κ3) is 3.15. The Morgan fingerprint density at radius 3 is 2.53 bits per heavy atom. The molecular weight excluding hydrogens is 263 g/mol. The molecule has 0 aliphatic heterocycles. The van der Waals surface area contributed by atoms with Crippen LogP contribution in [0.1, 0.15) is 17.3 Å². The average Bonchev–Trinajstić information content (AvgIpc) is 2.41. The first kappa shape index (κ1) is 13.6. The van der Waals surface area contributed by atoms with Crippen LogP contribution in [0.25, 0.3) is 0 Å². The lowest BCUT2D eigenvalue weighted by Gasteiger charge is -2.10. The number of ketones is 1. The fourth-order valence-corrected chi connectivity index (χ4v) is 2.15. The van der Waals surface area contributed by atoms with Gasteiger partial charge in [0.15, 0.2) is 17.3 Å². The Hall–Kier alpha value is -1.81. The fourth-order valence-electron chi connectivity index (χ4n) is 1.62.